The SMILES string of the molecule is COc1ccc(C=CCBr)cc1/C=C/C(=O)O. The van der Waals surface area contributed by atoms with Crippen molar-refractivity contribution in [2.24, 2.45) is 0 Å². The average Bonchev–Trinajstić information content (AvgIpc) is 2.33. The molecule has 1 aromatic carbocycles. The lowest BCUT2D eigenvalue weighted by molar-refractivity contribution is -0.131. The molecule has 0 saturated carbocycles. The second-order valence-corrected chi connectivity index (χ2v) is 3.88. The van der Waals surface area contributed by atoms with Crippen LogP contribution in [-0.2, 0) is 4.79 Å². The van der Waals surface area contributed by atoms with Gasteiger partial charge in [0.2, 0.25) is 0 Å². The number of benzene rings is 1. The van der Waals surface area contributed by atoms with E-state index in [1.54, 1.807) is 7.11 Å². The number of methoxy groups -OCH3 is 1. The first-order valence-corrected chi connectivity index (χ1v) is 6.11. The lowest BCUT2D eigenvalue weighted by atomic mass is 10.1. The zero-order chi connectivity index (χ0) is 12.7. The van der Waals surface area contributed by atoms with Crippen LogP contribution in [0.25, 0.3) is 12.2 Å². The largest absolute Gasteiger partial charge is 0.496 e. The van der Waals surface area contributed by atoms with Gasteiger partial charge in [-0.3, -0.25) is 0 Å². The van der Waals surface area contributed by atoms with Crippen molar-refractivity contribution in [3.8, 4) is 5.75 Å². The van der Waals surface area contributed by atoms with E-state index in [4.69, 9.17) is 9.84 Å². The number of rotatable bonds is 5. The van der Waals surface area contributed by atoms with Gasteiger partial charge in [0.15, 0.2) is 0 Å². The predicted octanol–water partition coefficient (Wildman–Crippen LogP) is 3.20. The Morgan fingerprint density at radius 2 is 2.24 bits per heavy atom. The van der Waals surface area contributed by atoms with Gasteiger partial charge in [-0.1, -0.05) is 34.1 Å². The summed E-state index contributed by atoms with van der Waals surface area (Å²) < 4.78 is 5.16. The third kappa shape index (κ3) is 4.44. The van der Waals surface area contributed by atoms with Crippen molar-refractivity contribution in [2.75, 3.05) is 12.4 Å². The number of carboxylic acid groups (broad SMARTS) is 1. The second kappa shape index (κ2) is 6.91. The van der Waals surface area contributed by atoms with Crippen LogP contribution in [0.15, 0.2) is 30.4 Å². The first kappa shape index (κ1) is 13.5. The normalized spacial score (nSPS) is 11.2. The highest BCUT2D eigenvalue weighted by molar-refractivity contribution is 9.09. The number of aliphatic carboxylic acids is 1. The molecule has 17 heavy (non-hydrogen) atoms. The van der Waals surface area contributed by atoms with E-state index in [1.807, 2.05) is 30.4 Å². The lowest BCUT2D eigenvalue weighted by Crippen LogP contribution is -1.90. The molecular formula is C13H13BrO3. The summed E-state index contributed by atoms with van der Waals surface area (Å²) in [6, 6.07) is 5.60. The van der Waals surface area contributed by atoms with Crippen LogP contribution in [0.3, 0.4) is 0 Å². The van der Waals surface area contributed by atoms with Gasteiger partial charge in [-0.25, -0.2) is 4.79 Å². The van der Waals surface area contributed by atoms with E-state index in [0.717, 1.165) is 22.5 Å². The number of halogens is 1. The van der Waals surface area contributed by atoms with Crippen LogP contribution in [0.5, 0.6) is 5.75 Å². The third-order valence-electron chi connectivity index (χ3n) is 2.06. The number of alkyl halides is 1. The molecule has 0 atom stereocenters. The van der Waals surface area contributed by atoms with E-state index in [0.29, 0.717) is 5.75 Å². The van der Waals surface area contributed by atoms with Crippen LogP contribution in [-0.4, -0.2) is 23.5 Å². The molecule has 1 rings (SSSR count). The molecule has 0 unspecified atom stereocenters. The van der Waals surface area contributed by atoms with Crippen molar-refractivity contribution < 1.29 is 14.6 Å². The van der Waals surface area contributed by atoms with Crippen LogP contribution >= 0.6 is 15.9 Å². The first-order valence-electron chi connectivity index (χ1n) is 4.99. The van der Waals surface area contributed by atoms with Gasteiger partial charge < -0.3 is 9.84 Å². The Balaban J connectivity index is 3.06. The smallest absolute Gasteiger partial charge is 0.328 e. The van der Waals surface area contributed by atoms with Gasteiger partial charge in [0, 0.05) is 17.0 Å². The summed E-state index contributed by atoms with van der Waals surface area (Å²) in [7, 11) is 1.56. The molecule has 0 aliphatic heterocycles. The summed E-state index contributed by atoms with van der Waals surface area (Å²) in [6.07, 6.45) is 6.53. The van der Waals surface area contributed by atoms with E-state index >= 15 is 0 Å². The Kier molecular flexibility index (Phi) is 5.49. The summed E-state index contributed by atoms with van der Waals surface area (Å²) in [5.74, 6) is -0.327. The van der Waals surface area contributed by atoms with E-state index in [2.05, 4.69) is 15.9 Å². The monoisotopic (exact) mass is 296 g/mol. The minimum absolute atomic E-state index is 0.651. The highest BCUT2D eigenvalue weighted by atomic mass is 79.9. The molecule has 0 amide bonds. The van der Waals surface area contributed by atoms with Crippen LogP contribution in [0.2, 0.25) is 0 Å². The highest BCUT2D eigenvalue weighted by Crippen LogP contribution is 2.22. The van der Waals surface area contributed by atoms with Gasteiger partial charge >= 0.3 is 5.97 Å². The molecule has 1 N–H and O–H groups in total. The number of hydrogen-bond donors (Lipinski definition) is 1. The summed E-state index contributed by atoms with van der Waals surface area (Å²) in [4.78, 5) is 10.5. The van der Waals surface area contributed by atoms with E-state index in [9.17, 15) is 4.79 Å². The van der Waals surface area contributed by atoms with Gasteiger partial charge in [-0.2, -0.15) is 0 Å². The number of hydrogen-bond acceptors (Lipinski definition) is 2. The van der Waals surface area contributed by atoms with Crippen molar-refractivity contribution in [3.05, 3.63) is 41.5 Å². The molecule has 0 fully saturated rings. The fourth-order valence-electron chi connectivity index (χ4n) is 1.33. The maximum Gasteiger partial charge on any atom is 0.328 e. The summed E-state index contributed by atoms with van der Waals surface area (Å²) in [5.41, 5.74) is 1.74. The molecule has 0 saturated heterocycles. The minimum atomic E-state index is -0.978. The van der Waals surface area contributed by atoms with Crippen LogP contribution in [0.4, 0.5) is 0 Å². The van der Waals surface area contributed by atoms with E-state index in [1.165, 1.54) is 6.08 Å². The van der Waals surface area contributed by atoms with Crippen molar-refractivity contribution in [1.82, 2.24) is 0 Å². The Bertz CT molecular complexity index is 450. The maximum atomic E-state index is 10.5. The maximum absolute atomic E-state index is 10.5. The number of allylic oxidation sites excluding steroid dienone is 1. The third-order valence-corrected chi connectivity index (χ3v) is 2.43. The molecular weight excluding hydrogens is 284 g/mol. The van der Waals surface area contributed by atoms with Crippen LogP contribution in [0.1, 0.15) is 11.1 Å². The summed E-state index contributed by atoms with van der Waals surface area (Å²) in [5, 5.41) is 9.38. The average molecular weight is 297 g/mol. The van der Waals surface area contributed by atoms with E-state index < -0.39 is 5.97 Å². The van der Waals surface area contributed by atoms with Crippen molar-refractivity contribution in [3.63, 3.8) is 0 Å². The van der Waals surface area contributed by atoms with Crippen LogP contribution in [0, 0.1) is 0 Å². The Hall–Kier alpha value is -1.55. The molecule has 0 bridgehead atoms. The summed E-state index contributed by atoms with van der Waals surface area (Å²) >= 11 is 3.30. The predicted molar refractivity (Wildman–Crippen MR) is 72.5 cm³/mol. The zero-order valence-electron chi connectivity index (χ0n) is 9.39. The fraction of sp³-hybridized carbons (Fsp3) is 0.154. The Labute approximate surface area is 109 Å². The molecule has 0 aromatic heterocycles. The number of carbonyl (C=O) groups is 1. The Morgan fingerprint density at radius 3 is 2.82 bits per heavy atom. The topological polar surface area (TPSA) is 46.5 Å². The van der Waals surface area contributed by atoms with Gasteiger partial charge in [-0.05, 0) is 23.8 Å². The fourth-order valence-corrected chi connectivity index (χ4v) is 1.52. The number of carboxylic acids is 1. The molecule has 4 heteroatoms. The standard InChI is InChI=1S/C13H13BrO3/c1-17-12-6-4-10(3-2-8-14)9-11(12)5-7-13(15)16/h2-7,9H,8H2,1H3,(H,15,16)/b3-2?,7-5+. The molecule has 0 spiro atoms. The molecule has 3 nitrogen and oxygen atoms in total. The molecule has 90 valence electrons. The zero-order valence-corrected chi connectivity index (χ0v) is 11.0. The second-order valence-electron chi connectivity index (χ2n) is 3.23. The van der Waals surface area contributed by atoms with Gasteiger partial charge in [0.05, 0.1) is 7.11 Å². The molecule has 1 aromatic rings. The number of ether oxygens (including phenoxy) is 1. The quantitative estimate of drug-likeness (QED) is 0.670. The minimum Gasteiger partial charge on any atom is -0.496 e. The molecule has 0 aliphatic carbocycles. The summed E-state index contributed by atoms with van der Waals surface area (Å²) in [6.45, 7) is 0. The van der Waals surface area contributed by atoms with Crippen molar-refractivity contribution >= 4 is 34.1 Å². The van der Waals surface area contributed by atoms with Gasteiger partial charge in [0.25, 0.3) is 0 Å². The van der Waals surface area contributed by atoms with Gasteiger partial charge in [-0.15, -0.1) is 0 Å². The van der Waals surface area contributed by atoms with Gasteiger partial charge in [0.1, 0.15) is 5.75 Å². The van der Waals surface area contributed by atoms with E-state index in [-0.39, 0.29) is 0 Å². The Morgan fingerprint density at radius 1 is 1.47 bits per heavy atom. The molecule has 0 heterocycles. The molecule has 0 aliphatic rings. The van der Waals surface area contributed by atoms with Crippen molar-refractivity contribution in [1.29, 1.82) is 0 Å². The van der Waals surface area contributed by atoms with Crippen LogP contribution < -0.4 is 4.74 Å². The van der Waals surface area contributed by atoms with Crippen molar-refractivity contribution in [2.45, 2.75) is 0 Å². The first-order chi connectivity index (χ1) is 8.17. The molecule has 0 radical (unpaired) electrons. The highest BCUT2D eigenvalue weighted by Gasteiger charge is 2.00. The lowest BCUT2D eigenvalue weighted by Gasteiger charge is -2.05.